The fourth-order valence-electron chi connectivity index (χ4n) is 3.95. The Hall–Kier alpha value is -1.43. The van der Waals surface area contributed by atoms with Crippen LogP contribution in [0.2, 0.25) is 0 Å². The number of carbonyl (C=O) groups excluding carboxylic acids is 1. The summed E-state index contributed by atoms with van der Waals surface area (Å²) in [4.78, 5) is 14.8. The monoisotopic (exact) mass is 359 g/mol. The standard InChI is InChI=1S/C21H33N3O2/c1-17(19-6-9-22-10-7-19)16-21(25)23-20-4-2-18(3-5-20)8-11-24-12-14-26-15-13-24/h2-5,17,19,22H,6-16H2,1H3,(H,23,25). The van der Waals surface area contributed by atoms with Gasteiger partial charge in [-0.25, -0.2) is 0 Å². The van der Waals surface area contributed by atoms with Crippen LogP contribution in [-0.2, 0) is 16.0 Å². The van der Waals surface area contributed by atoms with E-state index in [9.17, 15) is 4.79 Å². The van der Waals surface area contributed by atoms with E-state index >= 15 is 0 Å². The molecule has 0 saturated carbocycles. The van der Waals surface area contributed by atoms with Crippen molar-refractivity contribution in [3.63, 3.8) is 0 Å². The first kappa shape index (κ1) is 19.3. The number of nitrogens with one attached hydrogen (secondary N) is 2. The van der Waals surface area contributed by atoms with E-state index in [1.54, 1.807) is 0 Å². The van der Waals surface area contributed by atoms with Crippen LogP contribution < -0.4 is 10.6 Å². The van der Waals surface area contributed by atoms with Crippen LogP contribution in [0.4, 0.5) is 5.69 Å². The predicted molar refractivity (Wildman–Crippen MR) is 105 cm³/mol. The first-order valence-electron chi connectivity index (χ1n) is 10.1. The number of amides is 1. The summed E-state index contributed by atoms with van der Waals surface area (Å²) in [5.74, 6) is 1.26. The zero-order valence-corrected chi connectivity index (χ0v) is 16.0. The molecule has 5 heteroatoms. The summed E-state index contributed by atoms with van der Waals surface area (Å²) in [6.07, 6.45) is 4.03. The van der Waals surface area contributed by atoms with Gasteiger partial charge in [0.05, 0.1) is 13.2 Å². The van der Waals surface area contributed by atoms with E-state index in [0.29, 0.717) is 18.3 Å². The Balaban J connectivity index is 1.40. The zero-order chi connectivity index (χ0) is 18.2. The largest absolute Gasteiger partial charge is 0.379 e. The molecule has 26 heavy (non-hydrogen) atoms. The zero-order valence-electron chi connectivity index (χ0n) is 16.0. The van der Waals surface area contributed by atoms with Gasteiger partial charge in [-0.1, -0.05) is 19.1 Å². The molecule has 3 rings (SSSR count). The predicted octanol–water partition coefficient (Wildman–Crippen LogP) is 2.53. The molecule has 0 aromatic heterocycles. The normalized spacial score (nSPS) is 20.7. The van der Waals surface area contributed by atoms with Crippen molar-refractivity contribution in [2.24, 2.45) is 11.8 Å². The fourth-order valence-corrected chi connectivity index (χ4v) is 3.95. The lowest BCUT2D eigenvalue weighted by Gasteiger charge is -2.27. The molecule has 1 atom stereocenters. The van der Waals surface area contributed by atoms with Crippen LogP contribution in [-0.4, -0.2) is 56.7 Å². The van der Waals surface area contributed by atoms with Crippen molar-refractivity contribution < 1.29 is 9.53 Å². The number of carbonyl (C=O) groups is 1. The van der Waals surface area contributed by atoms with Crippen LogP contribution in [0, 0.1) is 11.8 Å². The van der Waals surface area contributed by atoms with Gasteiger partial charge in [0.1, 0.15) is 0 Å². The number of hydrogen-bond acceptors (Lipinski definition) is 4. The molecular weight excluding hydrogens is 326 g/mol. The second kappa shape index (κ2) is 10.0. The van der Waals surface area contributed by atoms with Crippen LogP contribution >= 0.6 is 0 Å². The summed E-state index contributed by atoms with van der Waals surface area (Å²) in [5, 5.41) is 6.45. The van der Waals surface area contributed by atoms with Crippen LogP contribution in [0.3, 0.4) is 0 Å². The molecule has 144 valence electrons. The molecule has 2 aliphatic rings. The number of benzene rings is 1. The molecule has 2 saturated heterocycles. The van der Waals surface area contributed by atoms with Gasteiger partial charge in [-0.15, -0.1) is 0 Å². The molecule has 0 radical (unpaired) electrons. The number of piperidine rings is 1. The molecule has 1 aromatic carbocycles. The Morgan fingerprint density at radius 3 is 2.62 bits per heavy atom. The van der Waals surface area contributed by atoms with Gasteiger partial charge in [0, 0.05) is 31.7 Å². The summed E-state index contributed by atoms with van der Waals surface area (Å²) in [7, 11) is 0. The lowest BCUT2D eigenvalue weighted by Crippen LogP contribution is -2.37. The van der Waals surface area contributed by atoms with Crippen LogP contribution in [0.25, 0.3) is 0 Å². The molecule has 1 aromatic rings. The molecule has 0 bridgehead atoms. The Morgan fingerprint density at radius 2 is 1.92 bits per heavy atom. The average molecular weight is 360 g/mol. The van der Waals surface area contributed by atoms with Gasteiger partial charge >= 0.3 is 0 Å². The van der Waals surface area contributed by atoms with E-state index in [4.69, 9.17) is 4.74 Å². The van der Waals surface area contributed by atoms with Crippen molar-refractivity contribution >= 4 is 11.6 Å². The highest BCUT2D eigenvalue weighted by Gasteiger charge is 2.22. The molecule has 0 spiro atoms. The lowest BCUT2D eigenvalue weighted by atomic mass is 9.84. The van der Waals surface area contributed by atoms with Crippen LogP contribution in [0.5, 0.6) is 0 Å². The molecule has 2 aliphatic heterocycles. The second-order valence-corrected chi connectivity index (χ2v) is 7.72. The summed E-state index contributed by atoms with van der Waals surface area (Å²) < 4.78 is 5.39. The molecule has 2 fully saturated rings. The summed E-state index contributed by atoms with van der Waals surface area (Å²) in [6, 6.07) is 8.32. The van der Waals surface area contributed by atoms with Gasteiger partial charge in [-0.2, -0.15) is 0 Å². The summed E-state index contributed by atoms with van der Waals surface area (Å²) in [6.45, 7) is 9.21. The van der Waals surface area contributed by atoms with E-state index in [1.807, 2.05) is 12.1 Å². The van der Waals surface area contributed by atoms with Gasteiger partial charge < -0.3 is 15.4 Å². The maximum atomic E-state index is 12.3. The minimum atomic E-state index is 0.136. The maximum absolute atomic E-state index is 12.3. The third-order valence-corrected chi connectivity index (χ3v) is 5.75. The van der Waals surface area contributed by atoms with Gasteiger partial charge in [0.15, 0.2) is 0 Å². The Morgan fingerprint density at radius 1 is 1.23 bits per heavy atom. The number of nitrogens with zero attached hydrogens (tertiary/aromatic N) is 1. The van der Waals surface area contributed by atoms with Crippen molar-refractivity contribution in [2.75, 3.05) is 51.3 Å². The Bertz CT molecular complexity index is 549. The van der Waals surface area contributed by atoms with E-state index in [-0.39, 0.29) is 5.91 Å². The van der Waals surface area contributed by atoms with Gasteiger partial charge in [0.2, 0.25) is 5.91 Å². The third-order valence-electron chi connectivity index (χ3n) is 5.75. The quantitative estimate of drug-likeness (QED) is 0.785. The average Bonchev–Trinajstić information content (AvgIpc) is 2.69. The minimum Gasteiger partial charge on any atom is -0.379 e. The van der Waals surface area contributed by atoms with Gasteiger partial charge in [-0.3, -0.25) is 9.69 Å². The summed E-state index contributed by atoms with van der Waals surface area (Å²) in [5.41, 5.74) is 2.22. The Labute approximate surface area is 157 Å². The first-order chi connectivity index (χ1) is 12.7. The number of anilines is 1. The topological polar surface area (TPSA) is 53.6 Å². The lowest BCUT2D eigenvalue weighted by molar-refractivity contribution is -0.117. The number of morpholine rings is 1. The van der Waals surface area contributed by atoms with E-state index < -0.39 is 0 Å². The van der Waals surface area contributed by atoms with Gasteiger partial charge in [-0.05, 0) is 61.9 Å². The van der Waals surface area contributed by atoms with Crippen molar-refractivity contribution in [3.8, 4) is 0 Å². The maximum Gasteiger partial charge on any atom is 0.224 e. The number of rotatable bonds is 7. The Kier molecular flexibility index (Phi) is 7.47. The van der Waals surface area contributed by atoms with Crippen molar-refractivity contribution in [1.82, 2.24) is 10.2 Å². The molecule has 0 aliphatic carbocycles. The minimum absolute atomic E-state index is 0.136. The number of ether oxygens (including phenoxy) is 1. The van der Waals surface area contributed by atoms with Crippen molar-refractivity contribution in [2.45, 2.75) is 32.6 Å². The first-order valence-corrected chi connectivity index (χ1v) is 10.1. The highest BCUT2D eigenvalue weighted by atomic mass is 16.5. The molecule has 1 unspecified atom stereocenters. The molecule has 2 heterocycles. The smallest absolute Gasteiger partial charge is 0.224 e. The molecule has 1 amide bonds. The van der Waals surface area contributed by atoms with E-state index in [2.05, 4.69) is 34.6 Å². The van der Waals surface area contributed by atoms with Crippen LogP contribution in [0.15, 0.2) is 24.3 Å². The highest BCUT2D eigenvalue weighted by molar-refractivity contribution is 5.90. The SMILES string of the molecule is CC(CC(=O)Nc1ccc(CCN2CCOCC2)cc1)C1CCNCC1. The van der Waals surface area contributed by atoms with Crippen molar-refractivity contribution in [3.05, 3.63) is 29.8 Å². The summed E-state index contributed by atoms with van der Waals surface area (Å²) >= 11 is 0. The van der Waals surface area contributed by atoms with Gasteiger partial charge in [0.25, 0.3) is 0 Å². The molecule has 2 N–H and O–H groups in total. The molecular formula is C21H33N3O2. The third kappa shape index (κ3) is 6.08. The fraction of sp³-hybridized carbons (Fsp3) is 0.667. The highest BCUT2D eigenvalue weighted by Crippen LogP contribution is 2.24. The molecule has 5 nitrogen and oxygen atoms in total. The van der Waals surface area contributed by atoms with Crippen LogP contribution in [0.1, 0.15) is 31.7 Å². The van der Waals surface area contributed by atoms with E-state index in [1.165, 1.54) is 18.4 Å². The second-order valence-electron chi connectivity index (χ2n) is 7.72. The number of hydrogen-bond donors (Lipinski definition) is 2. The van der Waals surface area contributed by atoms with E-state index in [0.717, 1.165) is 58.0 Å². The van der Waals surface area contributed by atoms with Crippen molar-refractivity contribution in [1.29, 1.82) is 0 Å².